The molecule has 0 aliphatic heterocycles. The molecule has 1 aromatic heterocycles. The van der Waals surface area contributed by atoms with Crippen molar-refractivity contribution in [2.24, 2.45) is 4.99 Å². The van der Waals surface area contributed by atoms with E-state index in [1.807, 2.05) is 19.9 Å². The summed E-state index contributed by atoms with van der Waals surface area (Å²) in [4.78, 5) is 21.7. The van der Waals surface area contributed by atoms with Crippen molar-refractivity contribution in [3.8, 4) is 5.69 Å². The Morgan fingerprint density at radius 3 is 2.63 bits per heavy atom. The fraction of sp³-hybridized carbons (Fsp3) is 0.389. The molecule has 148 valence electrons. The van der Waals surface area contributed by atoms with E-state index in [0.717, 1.165) is 11.4 Å². The van der Waals surface area contributed by atoms with Gasteiger partial charge in [-0.1, -0.05) is 6.07 Å². The number of carbonyl (C=O) groups excluding carboxylic acids is 1. The molecule has 0 radical (unpaired) electrons. The van der Waals surface area contributed by atoms with Gasteiger partial charge in [0.05, 0.1) is 18.8 Å². The van der Waals surface area contributed by atoms with E-state index in [1.165, 1.54) is 11.0 Å². The number of aromatic nitrogens is 2. The quantitative estimate of drug-likeness (QED) is 0.371. The normalized spacial score (nSPS) is 10.9. The smallest absolute Gasteiger partial charge is 0.241 e. The summed E-state index contributed by atoms with van der Waals surface area (Å²) in [5.74, 6) is 0.845. The van der Waals surface area contributed by atoms with Crippen LogP contribution in [0.2, 0.25) is 0 Å². The Labute approximate surface area is 176 Å². The Morgan fingerprint density at radius 2 is 2.07 bits per heavy atom. The number of nitrogens with zero attached hydrogens (tertiary/aromatic N) is 4. The van der Waals surface area contributed by atoms with E-state index in [9.17, 15) is 9.18 Å². The van der Waals surface area contributed by atoms with Crippen LogP contribution in [0.5, 0.6) is 0 Å². The maximum atomic E-state index is 14.4. The highest BCUT2D eigenvalue weighted by molar-refractivity contribution is 14.0. The van der Waals surface area contributed by atoms with E-state index < -0.39 is 0 Å². The van der Waals surface area contributed by atoms with Gasteiger partial charge in [-0.25, -0.2) is 14.4 Å². The number of likely N-dealkylation sites (N-methyl/N-ethyl adjacent to an activating group) is 1. The zero-order valence-corrected chi connectivity index (χ0v) is 18.3. The van der Waals surface area contributed by atoms with E-state index in [0.29, 0.717) is 24.7 Å². The van der Waals surface area contributed by atoms with Gasteiger partial charge in [-0.15, -0.1) is 24.0 Å². The number of carbonyl (C=O) groups is 1. The molecule has 2 rings (SSSR count). The molecule has 1 amide bonds. The molecule has 0 aliphatic carbocycles. The fourth-order valence-corrected chi connectivity index (χ4v) is 2.31. The number of imidazole rings is 1. The SMILES string of the molecule is CCNC(=NCc1ccc(-n2ccnc2C)c(F)c1)NCC(=O)N(C)C.I. The number of halogens is 2. The highest BCUT2D eigenvalue weighted by atomic mass is 127. The van der Waals surface area contributed by atoms with Gasteiger partial charge in [-0.2, -0.15) is 0 Å². The molecule has 0 saturated carbocycles. The van der Waals surface area contributed by atoms with Crippen molar-refractivity contribution in [3.63, 3.8) is 0 Å². The maximum absolute atomic E-state index is 14.4. The first kappa shape index (κ1) is 22.9. The number of hydrogen-bond acceptors (Lipinski definition) is 3. The lowest BCUT2D eigenvalue weighted by Gasteiger charge is -2.14. The monoisotopic (exact) mass is 488 g/mol. The lowest BCUT2D eigenvalue weighted by Crippen LogP contribution is -2.42. The van der Waals surface area contributed by atoms with Gasteiger partial charge in [-0.3, -0.25) is 4.79 Å². The van der Waals surface area contributed by atoms with Gasteiger partial charge in [0.2, 0.25) is 5.91 Å². The van der Waals surface area contributed by atoms with Crippen LogP contribution < -0.4 is 10.6 Å². The number of aliphatic imine (C=N–C) groups is 1. The van der Waals surface area contributed by atoms with Gasteiger partial charge >= 0.3 is 0 Å². The predicted molar refractivity (Wildman–Crippen MR) is 115 cm³/mol. The molecule has 0 bridgehead atoms. The number of guanidine groups is 1. The lowest BCUT2D eigenvalue weighted by molar-refractivity contribution is -0.127. The van der Waals surface area contributed by atoms with Crippen LogP contribution in [-0.2, 0) is 11.3 Å². The third-order valence-corrected chi connectivity index (χ3v) is 3.77. The standard InChI is InChI=1S/C18H25FN6O.HI/c1-5-20-18(23-12-17(26)24(3)4)22-11-14-6-7-16(15(19)10-14)25-9-8-21-13(25)2;/h6-10H,5,11-12H2,1-4H3,(H2,20,22,23);1H. The second-order valence-electron chi connectivity index (χ2n) is 5.97. The van der Waals surface area contributed by atoms with Gasteiger partial charge < -0.3 is 20.1 Å². The van der Waals surface area contributed by atoms with Crippen molar-refractivity contribution in [1.29, 1.82) is 0 Å². The van der Waals surface area contributed by atoms with Gasteiger partial charge in [-0.05, 0) is 31.5 Å². The van der Waals surface area contributed by atoms with Crippen molar-refractivity contribution in [2.75, 3.05) is 27.2 Å². The highest BCUT2D eigenvalue weighted by Gasteiger charge is 2.09. The van der Waals surface area contributed by atoms with Crippen molar-refractivity contribution >= 4 is 35.8 Å². The van der Waals surface area contributed by atoms with Crippen molar-refractivity contribution < 1.29 is 9.18 Å². The molecular weight excluding hydrogens is 462 g/mol. The van der Waals surface area contributed by atoms with E-state index >= 15 is 0 Å². The van der Waals surface area contributed by atoms with Crippen molar-refractivity contribution in [2.45, 2.75) is 20.4 Å². The van der Waals surface area contributed by atoms with Gasteiger partial charge in [0.15, 0.2) is 5.96 Å². The van der Waals surface area contributed by atoms with E-state index in [4.69, 9.17) is 0 Å². The van der Waals surface area contributed by atoms with Crippen LogP contribution in [0.4, 0.5) is 4.39 Å². The number of hydrogen-bond donors (Lipinski definition) is 2. The first-order chi connectivity index (χ1) is 12.4. The molecule has 1 heterocycles. The number of nitrogens with one attached hydrogen (secondary N) is 2. The predicted octanol–water partition coefficient (Wildman–Crippen LogP) is 2.08. The molecule has 9 heteroatoms. The summed E-state index contributed by atoms with van der Waals surface area (Å²) >= 11 is 0. The Kier molecular flexibility index (Phi) is 9.19. The van der Waals surface area contributed by atoms with Gasteiger partial charge in [0, 0.05) is 33.0 Å². The zero-order valence-electron chi connectivity index (χ0n) is 16.0. The van der Waals surface area contributed by atoms with Crippen LogP contribution >= 0.6 is 24.0 Å². The number of rotatable bonds is 6. The first-order valence-corrected chi connectivity index (χ1v) is 8.43. The third kappa shape index (κ3) is 6.49. The van der Waals surface area contributed by atoms with Crippen LogP contribution in [-0.4, -0.2) is 53.5 Å². The fourth-order valence-electron chi connectivity index (χ4n) is 2.31. The summed E-state index contributed by atoms with van der Waals surface area (Å²) in [5.41, 5.74) is 1.19. The second-order valence-corrected chi connectivity index (χ2v) is 5.97. The van der Waals surface area contributed by atoms with Crippen LogP contribution in [0.1, 0.15) is 18.3 Å². The van der Waals surface area contributed by atoms with Gasteiger partial charge in [0.25, 0.3) is 0 Å². The molecule has 0 saturated heterocycles. The number of amides is 1. The Balaban J connectivity index is 0.00000364. The summed E-state index contributed by atoms with van der Waals surface area (Å²) in [7, 11) is 3.39. The van der Waals surface area contributed by atoms with E-state index in [2.05, 4.69) is 20.6 Å². The molecule has 27 heavy (non-hydrogen) atoms. The summed E-state index contributed by atoms with van der Waals surface area (Å²) in [5, 5.41) is 6.03. The Morgan fingerprint density at radius 1 is 1.33 bits per heavy atom. The summed E-state index contributed by atoms with van der Waals surface area (Å²) in [6.45, 7) is 4.86. The van der Waals surface area contributed by atoms with Crippen LogP contribution in [0.15, 0.2) is 35.6 Å². The minimum atomic E-state index is -0.334. The first-order valence-electron chi connectivity index (χ1n) is 8.43. The summed E-state index contributed by atoms with van der Waals surface area (Å²) < 4.78 is 16.1. The number of aryl methyl sites for hydroxylation is 1. The minimum absolute atomic E-state index is 0. The summed E-state index contributed by atoms with van der Waals surface area (Å²) in [6, 6.07) is 5.01. The molecule has 0 unspecified atom stereocenters. The lowest BCUT2D eigenvalue weighted by atomic mass is 10.2. The molecule has 0 atom stereocenters. The number of benzene rings is 1. The maximum Gasteiger partial charge on any atom is 0.241 e. The summed E-state index contributed by atoms with van der Waals surface area (Å²) in [6.07, 6.45) is 3.36. The molecule has 0 fully saturated rings. The average molecular weight is 488 g/mol. The molecule has 2 N–H and O–H groups in total. The minimum Gasteiger partial charge on any atom is -0.357 e. The molecule has 0 aliphatic rings. The van der Waals surface area contributed by atoms with E-state index in [-0.39, 0.29) is 42.2 Å². The average Bonchev–Trinajstić information content (AvgIpc) is 3.02. The van der Waals surface area contributed by atoms with Crippen LogP contribution in [0, 0.1) is 12.7 Å². The molecule has 1 aromatic carbocycles. The van der Waals surface area contributed by atoms with Crippen molar-refractivity contribution in [3.05, 3.63) is 47.8 Å². The van der Waals surface area contributed by atoms with E-state index in [1.54, 1.807) is 37.1 Å². The Hall–Kier alpha value is -2.17. The largest absolute Gasteiger partial charge is 0.357 e. The second kappa shape index (κ2) is 10.9. The highest BCUT2D eigenvalue weighted by Crippen LogP contribution is 2.17. The third-order valence-electron chi connectivity index (χ3n) is 3.77. The Bertz CT molecular complexity index is 790. The molecule has 0 spiro atoms. The van der Waals surface area contributed by atoms with Crippen molar-refractivity contribution in [1.82, 2.24) is 25.1 Å². The molecule has 7 nitrogen and oxygen atoms in total. The topological polar surface area (TPSA) is 74.5 Å². The molecule has 2 aromatic rings. The van der Waals surface area contributed by atoms with Crippen LogP contribution in [0.25, 0.3) is 5.69 Å². The molecular formula is C18H26FIN6O. The zero-order chi connectivity index (χ0) is 19.1. The van der Waals surface area contributed by atoms with Gasteiger partial charge in [0.1, 0.15) is 11.6 Å². The van der Waals surface area contributed by atoms with Crippen LogP contribution in [0.3, 0.4) is 0 Å².